The lowest BCUT2D eigenvalue weighted by Gasteiger charge is -2.08. The standard InChI is InChI=1S/C12H17BrN2O2/c1-2-3-4-15-12(16)8-17-11-6-9(13)5-10(14)7-11/h5-7H,2-4,8,14H2,1H3,(H,15,16). The third kappa shape index (κ3) is 5.58. The van der Waals surface area contributed by atoms with Gasteiger partial charge in [0.25, 0.3) is 5.91 Å². The Morgan fingerprint density at radius 3 is 2.88 bits per heavy atom. The van der Waals surface area contributed by atoms with Gasteiger partial charge in [-0.2, -0.15) is 0 Å². The lowest BCUT2D eigenvalue weighted by molar-refractivity contribution is -0.123. The number of halogens is 1. The van der Waals surface area contributed by atoms with Crippen molar-refractivity contribution < 1.29 is 9.53 Å². The van der Waals surface area contributed by atoms with Crippen molar-refractivity contribution in [3.8, 4) is 5.75 Å². The number of nitrogens with one attached hydrogen (secondary N) is 1. The van der Waals surface area contributed by atoms with Gasteiger partial charge in [0.2, 0.25) is 0 Å². The Hall–Kier alpha value is -1.23. The molecule has 0 bridgehead atoms. The van der Waals surface area contributed by atoms with Gasteiger partial charge >= 0.3 is 0 Å². The maximum absolute atomic E-state index is 11.4. The zero-order chi connectivity index (χ0) is 12.7. The summed E-state index contributed by atoms with van der Waals surface area (Å²) in [4.78, 5) is 11.4. The molecule has 0 saturated carbocycles. The van der Waals surface area contributed by atoms with Crippen molar-refractivity contribution in [2.24, 2.45) is 0 Å². The molecule has 1 aromatic rings. The van der Waals surface area contributed by atoms with Crippen LogP contribution in [0.2, 0.25) is 0 Å². The summed E-state index contributed by atoms with van der Waals surface area (Å²) in [6.45, 7) is 2.78. The fourth-order valence-corrected chi connectivity index (χ4v) is 1.76. The third-order valence-corrected chi connectivity index (χ3v) is 2.57. The van der Waals surface area contributed by atoms with Gasteiger partial charge in [0.1, 0.15) is 5.75 Å². The molecule has 1 aromatic carbocycles. The number of nitrogen functional groups attached to an aromatic ring is 1. The molecule has 0 saturated heterocycles. The molecule has 1 rings (SSSR count). The van der Waals surface area contributed by atoms with E-state index in [-0.39, 0.29) is 12.5 Å². The molecule has 0 aromatic heterocycles. The van der Waals surface area contributed by atoms with Crippen LogP contribution < -0.4 is 15.8 Å². The molecule has 0 aliphatic rings. The van der Waals surface area contributed by atoms with Crippen molar-refractivity contribution in [1.82, 2.24) is 5.32 Å². The number of anilines is 1. The molecule has 5 heteroatoms. The van der Waals surface area contributed by atoms with E-state index in [1.165, 1.54) is 0 Å². The number of ether oxygens (including phenoxy) is 1. The highest BCUT2D eigenvalue weighted by atomic mass is 79.9. The Morgan fingerprint density at radius 2 is 2.24 bits per heavy atom. The predicted molar refractivity (Wildman–Crippen MR) is 72.0 cm³/mol. The van der Waals surface area contributed by atoms with E-state index in [1.807, 2.05) is 0 Å². The van der Waals surface area contributed by atoms with E-state index < -0.39 is 0 Å². The normalized spacial score (nSPS) is 10.0. The summed E-state index contributed by atoms with van der Waals surface area (Å²) in [5.41, 5.74) is 6.25. The number of benzene rings is 1. The monoisotopic (exact) mass is 300 g/mol. The summed E-state index contributed by atoms with van der Waals surface area (Å²) in [5.74, 6) is 0.472. The van der Waals surface area contributed by atoms with Crippen LogP contribution in [0.1, 0.15) is 19.8 Å². The van der Waals surface area contributed by atoms with Gasteiger partial charge in [-0.25, -0.2) is 0 Å². The van der Waals surface area contributed by atoms with E-state index in [0.717, 1.165) is 17.3 Å². The van der Waals surface area contributed by atoms with E-state index in [1.54, 1.807) is 18.2 Å². The largest absolute Gasteiger partial charge is 0.484 e. The van der Waals surface area contributed by atoms with E-state index in [4.69, 9.17) is 10.5 Å². The molecule has 0 unspecified atom stereocenters. The Kier molecular flexibility index (Phi) is 5.83. The van der Waals surface area contributed by atoms with Crippen LogP contribution in [-0.2, 0) is 4.79 Å². The number of unbranched alkanes of at least 4 members (excludes halogenated alkanes) is 1. The van der Waals surface area contributed by atoms with Gasteiger partial charge in [0.15, 0.2) is 6.61 Å². The number of rotatable bonds is 6. The molecular weight excluding hydrogens is 284 g/mol. The van der Waals surface area contributed by atoms with Gasteiger partial charge in [0, 0.05) is 22.8 Å². The van der Waals surface area contributed by atoms with Gasteiger partial charge in [-0.1, -0.05) is 29.3 Å². The molecule has 3 N–H and O–H groups in total. The van der Waals surface area contributed by atoms with Crippen LogP contribution in [0.3, 0.4) is 0 Å². The highest BCUT2D eigenvalue weighted by molar-refractivity contribution is 9.10. The summed E-state index contributed by atoms with van der Waals surface area (Å²) in [6, 6.07) is 5.23. The van der Waals surface area contributed by atoms with Gasteiger partial charge < -0.3 is 15.8 Å². The van der Waals surface area contributed by atoms with Crippen molar-refractivity contribution in [3.05, 3.63) is 22.7 Å². The van der Waals surface area contributed by atoms with Gasteiger partial charge in [-0.05, 0) is 18.6 Å². The third-order valence-electron chi connectivity index (χ3n) is 2.12. The molecule has 94 valence electrons. The van der Waals surface area contributed by atoms with E-state index in [0.29, 0.717) is 18.0 Å². The smallest absolute Gasteiger partial charge is 0.257 e. The summed E-state index contributed by atoms with van der Waals surface area (Å²) in [7, 11) is 0. The minimum Gasteiger partial charge on any atom is -0.484 e. The van der Waals surface area contributed by atoms with Crippen LogP contribution in [0, 0.1) is 0 Å². The van der Waals surface area contributed by atoms with Gasteiger partial charge in [-0.15, -0.1) is 0 Å². The van der Waals surface area contributed by atoms with Crippen molar-refractivity contribution in [1.29, 1.82) is 0 Å². The first-order valence-electron chi connectivity index (χ1n) is 5.57. The van der Waals surface area contributed by atoms with Crippen LogP contribution in [0.5, 0.6) is 5.75 Å². The summed E-state index contributed by atoms with van der Waals surface area (Å²) >= 11 is 3.31. The average molecular weight is 301 g/mol. The second kappa shape index (κ2) is 7.17. The molecule has 0 atom stereocenters. The van der Waals surface area contributed by atoms with E-state index >= 15 is 0 Å². The first-order valence-corrected chi connectivity index (χ1v) is 6.36. The fraction of sp³-hybridized carbons (Fsp3) is 0.417. The van der Waals surface area contributed by atoms with Crippen molar-refractivity contribution in [2.75, 3.05) is 18.9 Å². The maximum atomic E-state index is 11.4. The van der Waals surface area contributed by atoms with E-state index in [9.17, 15) is 4.79 Å². The molecule has 0 aliphatic carbocycles. The number of carbonyl (C=O) groups is 1. The minimum absolute atomic E-state index is 0.0135. The summed E-state index contributed by atoms with van der Waals surface area (Å²) in [5, 5.41) is 2.78. The van der Waals surface area contributed by atoms with Crippen LogP contribution >= 0.6 is 15.9 Å². The minimum atomic E-state index is -0.114. The first kappa shape index (κ1) is 13.8. The van der Waals surface area contributed by atoms with Crippen molar-refractivity contribution >= 4 is 27.5 Å². The zero-order valence-electron chi connectivity index (χ0n) is 9.83. The topological polar surface area (TPSA) is 64.3 Å². The molecule has 4 nitrogen and oxygen atoms in total. The van der Waals surface area contributed by atoms with E-state index in [2.05, 4.69) is 28.2 Å². The molecule has 0 fully saturated rings. The lowest BCUT2D eigenvalue weighted by atomic mass is 10.3. The Labute approximate surface area is 110 Å². The molecule has 0 heterocycles. The molecule has 0 spiro atoms. The lowest BCUT2D eigenvalue weighted by Crippen LogP contribution is -2.29. The highest BCUT2D eigenvalue weighted by Gasteiger charge is 2.03. The van der Waals surface area contributed by atoms with Crippen LogP contribution in [0.25, 0.3) is 0 Å². The number of carbonyl (C=O) groups excluding carboxylic acids is 1. The number of hydrogen-bond donors (Lipinski definition) is 2. The first-order chi connectivity index (χ1) is 8.11. The molecule has 0 aliphatic heterocycles. The SMILES string of the molecule is CCCCNC(=O)COc1cc(N)cc(Br)c1. The predicted octanol–water partition coefficient (Wildman–Crippen LogP) is 2.33. The second-order valence-corrected chi connectivity index (χ2v) is 4.63. The van der Waals surface area contributed by atoms with Crippen LogP contribution in [-0.4, -0.2) is 19.1 Å². The molecule has 17 heavy (non-hydrogen) atoms. The number of amides is 1. The molecule has 1 amide bonds. The fourth-order valence-electron chi connectivity index (χ4n) is 1.27. The van der Waals surface area contributed by atoms with Gasteiger partial charge in [0.05, 0.1) is 0 Å². The zero-order valence-corrected chi connectivity index (χ0v) is 11.4. The Bertz CT molecular complexity index is 363. The average Bonchev–Trinajstić information content (AvgIpc) is 2.25. The quantitative estimate of drug-likeness (QED) is 0.626. The molecular formula is C12H17BrN2O2. The Morgan fingerprint density at radius 1 is 1.47 bits per heavy atom. The van der Waals surface area contributed by atoms with Crippen molar-refractivity contribution in [3.63, 3.8) is 0 Å². The number of nitrogens with two attached hydrogens (primary N) is 1. The number of hydrogen-bond acceptors (Lipinski definition) is 3. The summed E-state index contributed by atoms with van der Waals surface area (Å²) in [6.07, 6.45) is 2.04. The maximum Gasteiger partial charge on any atom is 0.257 e. The van der Waals surface area contributed by atoms with Crippen LogP contribution in [0.15, 0.2) is 22.7 Å². The summed E-state index contributed by atoms with van der Waals surface area (Å²) < 4.78 is 6.17. The Balaban J connectivity index is 2.36. The molecule has 0 radical (unpaired) electrons. The highest BCUT2D eigenvalue weighted by Crippen LogP contribution is 2.22. The van der Waals surface area contributed by atoms with Gasteiger partial charge in [-0.3, -0.25) is 4.79 Å². The second-order valence-electron chi connectivity index (χ2n) is 3.71. The van der Waals surface area contributed by atoms with Crippen molar-refractivity contribution in [2.45, 2.75) is 19.8 Å². The van der Waals surface area contributed by atoms with Crippen LogP contribution in [0.4, 0.5) is 5.69 Å².